The number of amides is 1. The number of hydrogen-bond donors (Lipinski definition) is 0. The van der Waals surface area contributed by atoms with E-state index in [-0.39, 0.29) is 11.9 Å². The molecule has 7 heteroatoms. The Hall–Kier alpha value is -2.93. The molecule has 0 unspecified atom stereocenters. The molecular formula is C22H24N4O3. The van der Waals surface area contributed by atoms with Gasteiger partial charge in [-0.1, -0.05) is 6.07 Å². The number of carbonyl (C=O) groups is 1. The van der Waals surface area contributed by atoms with Crippen LogP contribution in [0, 0.1) is 5.92 Å². The van der Waals surface area contributed by atoms with E-state index in [0.717, 1.165) is 38.2 Å². The molecule has 0 saturated carbocycles. The number of aromatic nitrogens is 3. The number of benzene rings is 1. The van der Waals surface area contributed by atoms with Crippen LogP contribution in [0.5, 0.6) is 5.75 Å². The summed E-state index contributed by atoms with van der Waals surface area (Å²) in [4.78, 5) is 19.8. The van der Waals surface area contributed by atoms with E-state index in [1.165, 1.54) is 11.1 Å². The molecule has 1 fully saturated rings. The van der Waals surface area contributed by atoms with Gasteiger partial charge in [-0.15, -0.1) is 0 Å². The molecule has 0 bridgehead atoms. The summed E-state index contributed by atoms with van der Waals surface area (Å²) in [7, 11) is 1.69. The van der Waals surface area contributed by atoms with Crippen LogP contribution in [-0.2, 0) is 17.7 Å². The fraction of sp³-hybridized carbons (Fsp3) is 0.409. The van der Waals surface area contributed by atoms with Gasteiger partial charge in [-0.25, -0.2) is 9.50 Å². The van der Waals surface area contributed by atoms with Gasteiger partial charge >= 0.3 is 0 Å². The Bertz CT molecular complexity index is 1010. The number of methoxy groups -OCH3 is 1. The summed E-state index contributed by atoms with van der Waals surface area (Å²) in [6.07, 6.45) is 6.29. The Morgan fingerprint density at radius 2 is 2.07 bits per heavy atom. The van der Waals surface area contributed by atoms with Gasteiger partial charge in [0, 0.05) is 44.3 Å². The monoisotopic (exact) mass is 392 g/mol. The van der Waals surface area contributed by atoms with E-state index in [4.69, 9.17) is 9.47 Å². The van der Waals surface area contributed by atoms with Gasteiger partial charge in [-0.3, -0.25) is 4.79 Å². The van der Waals surface area contributed by atoms with Gasteiger partial charge in [0.1, 0.15) is 5.75 Å². The average molecular weight is 392 g/mol. The minimum Gasteiger partial charge on any atom is -0.497 e. The molecule has 29 heavy (non-hydrogen) atoms. The Morgan fingerprint density at radius 3 is 2.86 bits per heavy atom. The van der Waals surface area contributed by atoms with Crippen LogP contribution < -0.4 is 4.74 Å². The summed E-state index contributed by atoms with van der Waals surface area (Å²) in [5.74, 6) is 1.25. The summed E-state index contributed by atoms with van der Waals surface area (Å²) in [5, 5.41) is 4.47. The van der Waals surface area contributed by atoms with Crippen LogP contribution in [0.2, 0.25) is 0 Å². The van der Waals surface area contributed by atoms with Crippen molar-refractivity contribution in [1.82, 2.24) is 19.5 Å². The number of carbonyl (C=O) groups excluding carboxylic acids is 1. The van der Waals surface area contributed by atoms with Gasteiger partial charge in [0.2, 0.25) is 0 Å². The Kier molecular flexibility index (Phi) is 4.67. The van der Waals surface area contributed by atoms with Crippen LogP contribution in [0.3, 0.4) is 0 Å². The maximum atomic E-state index is 13.5. The second-order valence-corrected chi connectivity index (χ2v) is 7.74. The molecule has 2 aliphatic heterocycles. The van der Waals surface area contributed by atoms with Crippen molar-refractivity contribution in [3.05, 3.63) is 59.5 Å². The highest BCUT2D eigenvalue weighted by atomic mass is 16.5. The molecule has 0 N–H and O–H groups in total. The SMILES string of the molecule is COc1ccc2c(c1)C[C@@H](C1CCOCC1)N(C(=O)c1cc3ncccn3n1)C2. The van der Waals surface area contributed by atoms with Crippen molar-refractivity contribution in [2.75, 3.05) is 20.3 Å². The van der Waals surface area contributed by atoms with Crippen molar-refractivity contribution in [3.8, 4) is 5.75 Å². The van der Waals surface area contributed by atoms with E-state index >= 15 is 0 Å². The molecule has 3 aromatic rings. The van der Waals surface area contributed by atoms with E-state index in [0.29, 0.717) is 23.8 Å². The molecule has 0 aliphatic carbocycles. The molecule has 4 heterocycles. The van der Waals surface area contributed by atoms with Crippen molar-refractivity contribution in [1.29, 1.82) is 0 Å². The molecule has 1 amide bonds. The van der Waals surface area contributed by atoms with Crippen LogP contribution in [0.1, 0.15) is 34.5 Å². The zero-order valence-corrected chi connectivity index (χ0v) is 16.5. The molecule has 2 aromatic heterocycles. The zero-order chi connectivity index (χ0) is 19.8. The standard InChI is InChI=1S/C22H24N4O3/c1-28-18-4-3-16-14-25(20(12-17(16)11-18)15-5-9-29-10-6-15)22(27)19-13-21-23-7-2-8-26(21)24-19/h2-4,7-8,11,13,15,20H,5-6,9-10,12,14H2,1H3/t20-/m0/s1. The molecule has 1 aromatic carbocycles. The maximum absolute atomic E-state index is 13.5. The van der Waals surface area contributed by atoms with Crippen LogP contribution in [0.25, 0.3) is 5.65 Å². The van der Waals surface area contributed by atoms with Crippen molar-refractivity contribution >= 4 is 11.6 Å². The fourth-order valence-electron chi connectivity index (χ4n) is 4.54. The first-order valence-corrected chi connectivity index (χ1v) is 10.1. The lowest BCUT2D eigenvalue weighted by Gasteiger charge is -2.42. The third-order valence-electron chi connectivity index (χ3n) is 6.11. The lowest BCUT2D eigenvalue weighted by atomic mass is 9.82. The molecule has 5 rings (SSSR count). The smallest absolute Gasteiger partial charge is 0.275 e. The van der Waals surface area contributed by atoms with Crippen molar-refractivity contribution in [2.24, 2.45) is 5.92 Å². The van der Waals surface area contributed by atoms with E-state index in [9.17, 15) is 4.79 Å². The Morgan fingerprint density at radius 1 is 1.21 bits per heavy atom. The second-order valence-electron chi connectivity index (χ2n) is 7.74. The molecule has 0 radical (unpaired) electrons. The summed E-state index contributed by atoms with van der Waals surface area (Å²) < 4.78 is 12.6. The van der Waals surface area contributed by atoms with Gasteiger partial charge in [0.25, 0.3) is 5.91 Å². The summed E-state index contributed by atoms with van der Waals surface area (Å²) in [5.41, 5.74) is 3.56. The number of hydrogen-bond acceptors (Lipinski definition) is 5. The quantitative estimate of drug-likeness (QED) is 0.686. The first kappa shape index (κ1) is 18.1. The van der Waals surface area contributed by atoms with Gasteiger partial charge < -0.3 is 14.4 Å². The molecule has 2 aliphatic rings. The normalized spacial score (nSPS) is 19.9. The highest BCUT2D eigenvalue weighted by molar-refractivity contribution is 5.93. The summed E-state index contributed by atoms with van der Waals surface area (Å²) in [6.45, 7) is 2.10. The van der Waals surface area contributed by atoms with Crippen LogP contribution >= 0.6 is 0 Å². The van der Waals surface area contributed by atoms with Crippen molar-refractivity contribution < 1.29 is 14.3 Å². The molecule has 1 saturated heterocycles. The first-order chi connectivity index (χ1) is 14.2. The Labute approximate surface area is 169 Å². The minimum atomic E-state index is -0.0338. The third kappa shape index (κ3) is 3.35. The average Bonchev–Trinajstić information content (AvgIpc) is 3.22. The highest BCUT2D eigenvalue weighted by Crippen LogP contribution is 2.34. The van der Waals surface area contributed by atoms with E-state index in [1.54, 1.807) is 23.9 Å². The second kappa shape index (κ2) is 7.48. The first-order valence-electron chi connectivity index (χ1n) is 10.1. The van der Waals surface area contributed by atoms with Crippen molar-refractivity contribution in [2.45, 2.75) is 31.8 Å². The summed E-state index contributed by atoms with van der Waals surface area (Å²) >= 11 is 0. The molecule has 7 nitrogen and oxygen atoms in total. The van der Waals surface area contributed by atoms with Crippen LogP contribution in [0.4, 0.5) is 0 Å². The topological polar surface area (TPSA) is 69.0 Å². The lowest BCUT2D eigenvalue weighted by Crippen LogP contribution is -2.49. The number of rotatable bonds is 3. The van der Waals surface area contributed by atoms with Gasteiger partial charge in [0.05, 0.1) is 7.11 Å². The summed E-state index contributed by atoms with van der Waals surface area (Å²) in [6, 6.07) is 9.85. The predicted molar refractivity (Wildman–Crippen MR) is 107 cm³/mol. The molecule has 150 valence electrons. The van der Waals surface area contributed by atoms with Gasteiger partial charge in [-0.05, 0) is 54.5 Å². The third-order valence-corrected chi connectivity index (χ3v) is 6.11. The number of ether oxygens (including phenoxy) is 2. The molecule has 0 spiro atoms. The highest BCUT2D eigenvalue weighted by Gasteiger charge is 2.37. The van der Waals surface area contributed by atoms with E-state index < -0.39 is 0 Å². The molecule has 1 atom stereocenters. The van der Waals surface area contributed by atoms with Crippen LogP contribution in [0.15, 0.2) is 42.7 Å². The number of nitrogens with zero attached hydrogens (tertiary/aromatic N) is 4. The zero-order valence-electron chi connectivity index (χ0n) is 16.5. The van der Waals surface area contributed by atoms with Gasteiger partial charge in [0.15, 0.2) is 11.3 Å². The maximum Gasteiger partial charge on any atom is 0.275 e. The largest absolute Gasteiger partial charge is 0.497 e. The van der Waals surface area contributed by atoms with Crippen molar-refractivity contribution in [3.63, 3.8) is 0 Å². The number of fused-ring (bicyclic) bond motifs is 2. The Balaban J connectivity index is 1.51. The molecular weight excluding hydrogens is 368 g/mol. The fourth-order valence-corrected chi connectivity index (χ4v) is 4.54. The van der Waals surface area contributed by atoms with Crippen LogP contribution in [-0.4, -0.2) is 51.8 Å². The lowest BCUT2D eigenvalue weighted by molar-refractivity contribution is 0.0177. The minimum absolute atomic E-state index is 0.0338. The van der Waals surface area contributed by atoms with E-state index in [1.807, 2.05) is 23.2 Å². The van der Waals surface area contributed by atoms with Gasteiger partial charge in [-0.2, -0.15) is 5.10 Å². The van der Waals surface area contributed by atoms with E-state index in [2.05, 4.69) is 22.2 Å². The predicted octanol–water partition coefficient (Wildman–Crippen LogP) is 2.73.